The Kier molecular flexibility index (Phi) is 6.37. The number of carbonyl (C=O) groups is 3. The maximum Gasteiger partial charge on any atom is 0.421 e. The molecule has 2 heterocycles. The van der Waals surface area contributed by atoms with Gasteiger partial charge in [0.1, 0.15) is 0 Å². The second kappa shape index (κ2) is 9.30. The fraction of sp³-hybridized carbons (Fsp3) is 0.654. The predicted molar refractivity (Wildman–Crippen MR) is 122 cm³/mol. The first-order valence-electron chi connectivity index (χ1n) is 12.7. The first kappa shape index (κ1) is 23.3. The Labute approximate surface area is 200 Å². The number of hydrogen-bond acceptors (Lipinski definition) is 7. The van der Waals surface area contributed by atoms with Gasteiger partial charge in [0.25, 0.3) is 5.79 Å². The average Bonchev–Trinajstić information content (AvgIpc) is 3.15. The number of amides is 1. The van der Waals surface area contributed by atoms with Crippen LogP contribution in [0, 0.1) is 5.92 Å². The molecule has 0 radical (unpaired) electrons. The van der Waals surface area contributed by atoms with Crippen LogP contribution in [0.15, 0.2) is 24.3 Å². The summed E-state index contributed by atoms with van der Waals surface area (Å²) in [6, 6.07) is 8.55. The monoisotopic (exact) mass is 470 g/mol. The van der Waals surface area contributed by atoms with Crippen molar-refractivity contribution in [1.29, 1.82) is 0 Å². The SMILES string of the molecule is O=C1OC2(CCCCC2(O)CNCC(=O)N2CCc3ccccc3[C@@H]2C2CCCCC2)OC1=O. The molecule has 2 N–H and O–H groups in total. The molecule has 2 saturated carbocycles. The Morgan fingerprint density at radius 3 is 2.50 bits per heavy atom. The minimum absolute atomic E-state index is 0.000975. The highest BCUT2D eigenvalue weighted by molar-refractivity contribution is 6.31. The lowest BCUT2D eigenvalue weighted by Crippen LogP contribution is -2.62. The number of ether oxygens (including phenoxy) is 2. The second-order valence-electron chi connectivity index (χ2n) is 10.3. The first-order chi connectivity index (χ1) is 16.4. The van der Waals surface area contributed by atoms with Crippen LogP contribution < -0.4 is 5.32 Å². The molecule has 2 aliphatic carbocycles. The van der Waals surface area contributed by atoms with Crippen molar-refractivity contribution < 1.29 is 29.0 Å². The molecule has 5 rings (SSSR count). The lowest BCUT2D eigenvalue weighted by atomic mass is 9.77. The Morgan fingerprint density at radius 2 is 1.74 bits per heavy atom. The summed E-state index contributed by atoms with van der Waals surface area (Å²) in [5.41, 5.74) is 1.03. The quantitative estimate of drug-likeness (QED) is 0.503. The van der Waals surface area contributed by atoms with Crippen molar-refractivity contribution in [2.45, 2.75) is 81.6 Å². The molecule has 184 valence electrons. The molecule has 34 heavy (non-hydrogen) atoms. The van der Waals surface area contributed by atoms with Gasteiger partial charge in [-0.3, -0.25) is 4.79 Å². The third-order valence-corrected chi connectivity index (χ3v) is 8.18. The van der Waals surface area contributed by atoms with Gasteiger partial charge in [-0.25, -0.2) is 9.59 Å². The highest BCUT2D eigenvalue weighted by atomic mass is 16.8. The highest BCUT2D eigenvalue weighted by Crippen LogP contribution is 2.44. The number of rotatable bonds is 5. The molecule has 0 bridgehead atoms. The van der Waals surface area contributed by atoms with Crippen LogP contribution in [0.25, 0.3) is 0 Å². The summed E-state index contributed by atoms with van der Waals surface area (Å²) in [4.78, 5) is 38.9. The fourth-order valence-corrected chi connectivity index (χ4v) is 6.43. The maximum absolute atomic E-state index is 13.4. The van der Waals surface area contributed by atoms with Crippen LogP contribution in [-0.2, 0) is 30.3 Å². The molecule has 1 aromatic carbocycles. The van der Waals surface area contributed by atoms with E-state index >= 15 is 0 Å². The molecule has 2 aliphatic heterocycles. The van der Waals surface area contributed by atoms with Gasteiger partial charge >= 0.3 is 11.9 Å². The van der Waals surface area contributed by atoms with Crippen molar-refractivity contribution >= 4 is 17.8 Å². The number of aliphatic hydroxyl groups is 1. The Hall–Kier alpha value is -2.45. The number of nitrogens with one attached hydrogen (secondary N) is 1. The van der Waals surface area contributed by atoms with E-state index in [4.69, 9.17) is 9.47 Å². The van der Waals surface area contributed by atoms with Crippen molar-refractivity contribution in [2.24, 2.45) is 5.92 Å². The van der Waals surface area contributed by atoms with E-state index in [9.17, 15) is 19.5 Å². The van der Waals surface area contributed by atoms with Gasteiger partial charge in [0.2, 0.25) is 5.91 Å². The van der Waals surface area contributed by atoms with Crippen LogP contribution in [0.4, 0.5) is 0 Å². The summed E-state index contributed by atoms with van der Waals surface area (Å²) in [5, 5.41) is 14.4. The molecule has 1 spiro atoms. The van der Waals surface area contributed by atoms with Crippen molar-refractivity contribution in [2.75, 3.05) is 19.6 Å². The maximum atomic E-state index is 13.4. The third-order valence-electron chi connectivity index (χ3n) is 8.18. The normalized spacial score (nSPS) is 29.0. The molecule has 0 aromatic heterocycles. The number of nitrogens with zero attached hydrogens (tertiary/aromatic N) is 1. The fourth-order valence-electron chi connectivity index (χ4n) is 6.43. The summed E-state index contributed by atoms with van der Waals surface area (Å²) < 4.78 is 10.5. The molecular weight excluding hydrogens is 436 g/mol. The zero-order valence-electron chi connectivity index (χ0n) is 19.6. The van der Waals surface area contributed by atoms with Gasteiger partial charge < -0.3 is 24.8 Å². The average molecular weight is 471 g/mol. The molecule has 8 nitrogen and oxygen atoms in total. The van der Waals surface area contributed by atoms with Crippen LogP contribution in [-0.4, -0.2) is 58.9 Å². The third kappa shape index (κ3) is 4.11. The van der Waals surface area contributed by atoms with Gasteiger partial charge in [0.15, 0.2) is 5.60 Å². The van der Waals surface area contributed by atoms with Gasteiger partial charge in [-0.15, -0.1) is 0 Å². The second-order valence-corrected chi connectivity index (χ2v) is 10.3. The number of benzene rings is 1. The van der Waals surface area contributed by atoms with Crippen LogP contribution in [0.3, 0.4) is 0 Å². The number of hydrogen-bond donors (Lipinski definition) is 2. The lowest BCUT2D eigenvalue weighted by molar-refractivity contribution is -0.274. The molecular formula is C26H34N2O6. The van der Waals surface area contributed by atoms with Gasteiger partial charge in [0.05, 0.1) is 12.6 Å². The largest absolute Gasteiger partial charge is 0.421 e. The number of fused-ring (bicyclic) bond motifs is 1. The Bertz CT molecular complexity index is 942. The number of carbonyl (C=O) groups excluding carboxylic acids is 3. The van der Waals surface area contributed by atoms with E-state index in [1.54, 1.807) is 0 Å². The van der Waals surface area contributed by atoms with Crippen LogP contribution in [0.5, 0.6) is 0 Å². The predicted octanol–water partition coefficient (Wildman–Crippen LogP) is 2.38. The van der Waals surface area contributed by atoms with Crippen molar-refractivity contribution in [3.63, 3.8) is 0 Å². The summed E-state index contributed by atoms with van der Waals surface area (Å²) in [5.74, 6) is -3.34. The molecule has 3 fully saturated rings. The van der Waals surface area contributed by atoms with Gasteiger partial charge in [-0.2, -0.15) is 0 Å². The van der Waals surface area contributed by atoms with Gasteiger partial charge in [-0.1, -0.05) is 43.5 Å². The van der Waals surface area contributed by atoms with E-state index in [0.29, 0.717) is 25.3 Å². The minimum Gasteiger partial charge on any atom is -0.411 e. The van der Waals surface area contributed by atoms with E-state index in [-0.39, 0.29) is 31.5 Å². The standard InChI is InChI=1S/C26H34N2O6/c29-21(16-27-17-25(32)13-6-7-14-26(25)33-23(30)24(31)34-26)28-15-12-18-8-4-5-11-20(18)22(28)19-9-2-1-3-10-19/h4-5,8,11,19,22,27,32H,1-3,6-7,9-10,12-17H2/t22-,25?/m0/s1. The van der Waals surface area contributed by atoms with Crippen LogP contribution >= 0.6 is 0 Å². The Balaban J connectivity index is 1.28. The van der Waals surface area contributed by atoms with Crippen molar-refractivity contribution in [3.8, 4) is 0 Å². The van der Waals surface area contributed by atoms with Gasteiger partial charge in [-0.05, 0) is 55.6 Å². The van der Waals surface area contributed by atoms with Crippen molar-refractivity contribution in [1.82, 2.24) is 10.2 Å². The molecule has 2 atom stereocenters. The van der Waals surface area contributed by atoms with Crippen LogP contribution in [0.1, 0.15) is 75.0 Å². The Morgan fingerprint density at radius 1 is 1.03 bits per heavy atom. The molecule has 8 heteroatoms. The van der Waals surface area contributed by atoms with E-state index in [0.717, 1.165) is 25.7 Å². The molecule has 1 amide bonds. The smallest absolute Gasteiger partial charge is 0.411 e. The molecule has 4 aliphatic rings. The van der Waals surface area contributed by atoms with Gasteiger partial charge in [0, 0.05) is 19.5 Å². The zero-order valence-corrected chi connectivity index (χ0v) is 19.6. The minimum atomic E-state index is -1.66. The van der Waals surface area contributed by atoms with E-state index < -0.39 is 23.3 Å². The van der Waals surface area contributed by atoms with E-state index in [1.807, 2.05) is 4.90 Å². The molecule has 1 unspecified atom stereocenters. The van der Waals surface area contributed by atoms with E-state index in [1.165, 1.54) is 30.4 Å². The zero-order chi connectivity index (χ0) is 23.8. The lowest BCUT2D eigenvalue weighted by Gasteiger charge is -2.45. The summed E-state index contributed by atoms with van der Waals surface area (Å²) >= 11 is 0. The summed E-state index contributed by atoms with van der Waals surface area (Å²) in [7, 11) is 0. The first-order valence-corrected chi connectivity index (χ1v) is 12.7. The summed E-state index contributed by atoms with van der Waals surface area (Å²) in [6.07, 6.45) is 8.74. The van der Waals surface area contributed by atoms with E-state index in [2.05, 4.69) is 29.6 Å². The molecule has 1 aromatic rings. The topological polar surface area (TPSA) is 105 Å². The highest BCUT2D eigenvalue weighted by Gasteiger charge is 2.63. The molecule has 1 saturated heterocycles. The number of esters is 2. The summed E-state index contributed by atoms with van der Waals surface area (Å²) in [6.45, 7) is 0.742. The van der Waals surface area contributed by atoms with Crippen LogP contribution in [0.2, 0.25) is 0 Å². The van der Waals surface area contributed by atoms with Crippen molar-refractivity contribution in [3.05, 3.63) is 35.4 Å².